The van der Waals surface area contributed by atoms with Crippen LogP contribution in [-0.2, 0) is 26.2 Å². The Balaban J connectivity index is 1.26. The summed E-state index contributed by atoms with van der Waals surface area (Å²) in [6, 6.07) is 15.6. The molecule has 0 spiro atoms. The summed E-state index contributed by atoms with van der Waals surface area (Å²) in [5.41, 5.74) is 2.59. The van der Waals surface area contributed by atoms with Crippen LogP contribution in [-0.4, -0.2) is 54.0 Å². The lowest BCUT2D eigenvalue weighted by molar-refractivity contribution is -0.151. The fourth-order valence-electron chi connectivity index (χ4n) is 4.55. The van der Waals surface area contributed by atoms with E-state index >= 15 is 0 Å². The minimum absolute atomic E-state index is 0.0714. The number of sulfonamides is 1. The summed E-state index contributed by atoms with van der Waals surface area (Å²) in [4.78, 5) is 30.6. The molecule has 5 rings (SSSR count). The number of aromatic nitrogens is 1. The quantitative estimate of drug-likeness (QED) is 0.288. The average Bonchev–Trinajstić information content (AvgIpc) is 3.68. The van der Waals surface area contributed by atoms with E-state index in [1.165, 1.54) is 34.6 Å². The molecule has 1 aromatic heterocycles. The first-order valence-electron chi connectivity index (χ1n) is 12.0. The molecule has 2 aromatic carbocycles. The minimum Gasteiger partial charge on any atom is -0.489 e. The maximum Gasteiger partial charge on any atom is 0.268 e. The van der Waals surface area contributed by atoms with Gasteiger partial charge in [-0.2, -0.15) is 4.72 Å². The van der Waals surface area contributed by atoms with Crippen LogP contribution in [0.25, 0.3) is 10.9 Å². The first-order chi connectivity index (χ1) is 17.7. The van der Waals surface area contributed by atoms with E-state index in [1.807, 2.05) is 37.3 Å². The van der Waals surface area contributed by atoms with E-state index in [4.69, 9.17) is 4.74 Å². The largest absolute Gasteiger partial charge is 0.489 e. The predicted molar refractivity (Wildman–Crippen MR) is 134 cm³/mol. The third-order valence-corrected chi connectivity index (χ3v) is 8.31. The highest BCUT2D eigenvalue weighted by Gasteiger charge is 2.54. The molecule has 2 amide bonds. The lowest BCUT2D eigenvalue weighted by Gasteiger charge is -2.48. The van der Waals surface area contributed by atoms with Crippen LogP contribution in [0.2, 0.25) is 0 Å². The van der Waals surface area contributed by atoms with Crippen molar-refractivity contribution in [1.29, 1.82) is 0 Å². The molecule has 10 nitrogen and oxygen atoms in total. The summed E-state index contributed by atoms with van der Waals surface area (Å²) in [6.07, 6.45) is 2.40. The van der Waals surface area contributed by atoms with E-state index < -0.39 is 21.5 Å². The van der Waals surface area contributed by atoms with Crippen molar-refractivity contribution < 1.29 is 28.0 Å². The highest BCUT2D eigenvalue weighted by atomic mass is 32.2. The van der Waals surface area contributed by atoms with E-state index in [1.54, 1.807) is 0 Å². The van der Waals surface area contributed by atoms with Crippen LogP contribution < -0.4 is 14.9 Å². The number of carbonyl (C=O) groups is 2. The normalized spacial score (nSPS) is 16.8. The Morgan fingerprint density at radius 3 is 2.51 bits per heavy atom. The topological polar surface area (TPSA) is 138 Å². The van der Waals surface area contributed by atoms with Crippen molar-refractivity contribution in [3.05, 3.63) is 65.9 Å². The van der Waals surface area contributed by atoms with Crippen molar-refractivity contribution in [3.63, 3.8) is 0 Å². The number of para-hydroxylation sites is 1. The summed E-state index contributed by atoms with van der Waals surface area (Å²) in [5, 5.41) is 10.2. The van der Waals surface area contributed by atoms with Crippen molar-refractivity contribution in [2.75, 3.05) is 13.1 Å². The molecule has 1 saturated carbocycles. The van der Waals surface area contributed by atoms with Gasteiger partial charge in [0.05, 0.1) is 23.5 Å². The van der Waals surface area contributed by atoms with Gasteiger partial charge in [0.1, 0.15) is 17.9 Å². The molecule has 1 saturated heterocycles. The maximum absolute atomic E-state index is 13.1. The molecule has 0 unspecified atom stereocenters. The van der Waals surface area contributed by atoms with Gasteiger partial charge in [-0.05, 0) is 62.1 Å². The lowest BCUT2D eigenvalue weighted by atomic mass is 9.89. The van der Waals surface area contributed by atoms with Gasteiger partial charge in [0.2, 0.25) is 15.9 Å². The number of pyridine rings is 1. The van der Waals surface area contributed by atoms with Crippen molar-refractivity contribution in [3.8, 4) is 5.75 Å². The lowest BCUT2D eigenvalue weighted by Crippen LogP contribution is -2.76. The maximum atomic E-state index is 13.1. The highest BCUT2D eigenvalue weighted by molar-refractivity contribution is 7.89. The van der Waals surface area contributed by atoms with Gasteiger partial charge < -0.3 is 9.64 Å². The first kappa shape index (κ1) is 25.1. The van der Waals surface area contributed by atoms with Crippen LogP contribution in [0.3, 0.4) is 0 Å². The van der Waals surface area contributed by atoms with Gasteiger partial charge in [-0.3, -0.25) is 19.8 Å². The van der Waals surface area contributed by atoms with Gasteiger partial charge in [0.15, 0.2) is 0 Å². The summed E-state index contributed by atoms with van der Waals surface area (Å²) in [5.74, 6) is -0.193. The zero-order valence-corrected chi connectivity index (χ0v) is 21.1. The van der Waals surface area contributed by atoms with Crippen LogP contribution in [0.15, 0.2) is 59.5 Å². The second-order valence-corrected chi connectivity index (χ2v) is 11.4. The molecular formula is C26H28N4O6S. The highest BCUT2D eigenvalue weighted by Crippen LogP contribution is 2.35. The number of hydrogen-bond donors (Lipinski definition) is 3. The number of rotatable bonds is 9. The molecule has 2 heterocycles. The van der Waals surface area contributed by atoms with Crippen molar-refractivity contribution >= 4 is 32.7 Å². The molecule has 194 valence electrons. The van der Waals surface area contributed by atoms with Crippen LogP contribution in [0.5, 0.6) is 5.75 Å². The van der Waals surface area contributed by atoms with Gasteiger partial charge in [0, 0.05) is 23.1 Å². The number of hydroxylamine groups is 1. The summed E-state index contributed by atoms with van der Waals surface area (Å²) >= 11 is 0. The molecule has 0 bridgehead atoms. The minimum atomic E-state index is -4.14. The van der Waals surface area contributed by atoms with E-state index in [2.05, 4.69) is 9.71 Å². The number of ether oxygens (including phenoxy) is 1. The molecule has 1 aliphatic carbocycles. The molecule has 3 N–H and O–H groups in total. The molecule has 0 atom stereocenters. The van der Waals surface area contributed by atoms with Gasteiger partial charge in [-0.1, -0.05) is 18.2 Å². The number of nitrogens with zero attached hydrogens (tertiary/aromatic N) is 2. The molecule has 3 aromatic rings. The van der Waals surface area contributed by atoms with E-state index in [0.29, 0.717) is 18.1 Å². The molecule has 37 heavy (non-hydrogen) atoms. The Labute approximate surface area is 214 Å². The standard InChI is InChI=1S/C26H28N4O6S/c1-17-12-19(22-4-2-3-5-23(22)27-17)14-36-20-8-10-21(11-9-20)37(34,35)29-26(25(32)28-33)15-30(16-26)24(31)13-18-6-7-18/h2-5,8-12,18,29,33H,6-7,13-16H2,1H3,(H,28,32). The third kappa shape index (κ3) is 5.29. The molecular weight excluding hydrogens is 496 g/mol. The van der Waals surface area contributed by atoms with E-state index in [0.717, 1.165) is 35.0 Å². The fourth-order valence-corrected chi connectivity index (χ4v) is 5.90. The van der Waals surface area contributed by atoms with Crippen LogP contribution in [0, 0.1) is 12.8 Å². The van der Waals surface area contributed by atoms with Gasteiger partial charge in [-0.25, -0.2) is 13.9 Å². The third-order valence-electron chi connectivity index (χ3n) is 6.76. The number of aryl methyl sites for hydroxylation is 1. The second kappa shape index (κ2) is 9.73. The molecule has 1 aliphatic heterocycles. The van der Waals surface area contributed by atoms with Crippen molar-refractivity contribution in [2.24, 2.45) is 5.92 Å². The number of benzene rings is 2. The Bertz CT molecular complexity index is 1450. The number of carbonyl (C=O) groups excluding carboxylic acids is 2. The first-order valence-corrected chi connectivity index (χ1v) is 13.5. The molecule has 0 radical (unpaired) electrons. The Morgan fingerprint density at radius 1 is 1.14 bits per heavy atom. The monoisotopic (exact) mass is 524 g/mol. The number of fused-ring (bicyclic) bond motifs is 1. The number of hydrogen-bond acceptors (Lipinski definition) is 7. The number of amides is 2. The van der Waals surface area contributed by atoms with Crippen molar-refractivity contribution in [2.45, 2.75) is 43.2 Å². The van der Waals surface area contributed by atoms with Gasteiger partial charge in [0.25, 0.3) is 5.91 Å². The fraction of sp³-hybridized carbons (Fsp3) is 0.346. The molecule has 2 fully saturated rings. The van der Waals surface area contributed by atoms with E-state index in [9.17, 15) is 23.2 Å². The van der Waals surface area contributed by atoms with E-state index in [-0.39, 0.29) is 30.5 Å². The zero-order valence-electron chi connectivity index (χ0n) is 20.3. The SMILES string of the molecule is Cc1cc(COc2ccc(S(=O)(=O)NC3(C(=O)NO)CN(C(=O)CC4CC4)C3)cc2)c2ccccc2n1. The molecule has 11 heteroatoms. The van der Waals surface area contributed by atoms with Gasteiger partial charge in [-0.15, -0.1) is 0 Å². The van der Waals surface area contributed by atoms with Gasteiger partial charge >= 0.3 is 0 Å². The Kier molecular flexibility index (Phi) is 6.61. The second-order valence-electron chi connectivity index (χ2n) is 9.73. The predicted octanol–water partition coefficient (Wildman–Crippen LogP) is 2.29. The van der Waals surface area contributed by atoms with Crippen LogP contribution >= 0.6 is 0 Å². The van der Waals surface area contributed by atoms with Crippen LogP contribution in [0.4, 0.5) is 0 Å². The summed E-state index contributed by atoms with van der Waals surface area (Å²) < 4.78 is 34.4. The summed E-state index contributed by atoms with van der Waals surface area (Å²) in [7, 11) is -4.14. The smallest absolute Gasteiger partial charge is 0.268 e. The summed E-state index contributed by atoms with van der Waals surface area (Å²) in [6.45, 7) is 1.89. The zero-order chi connectivity index (χ0) is 26.2. The Morgan fingerprint density at radius 2 is 1.84 bits per heavy atom. The molecule has 2 aliphatic rings. The average molecular weight is 525 g/mol. The van der Waals surface area contributed by atoms with Crippen LogP contribution in [0.1, 0.15) is 30.5 Å². The number of nitrogens with one attached hydrogen (secondary N) is 2. The van der Waals surface area contributed by atoms with Crippen molar-refractivity contribution in [1.82, 2.24) is 20.1 Å². The number of likely N-dealkylation sites (tertiary alicyclic amines) is 1. The Hall–Kier alpha value is -3.54.